The SMILES string of the molecule is CS(=O)(=O)c1ccc(Nc2cc3c(C#Cc4ccc(N)nc4)nccc3cn2)cc1. The molecule has 8 heteroatoms. The Labute approximate surface area is 173 Å². The maximum absolute atomic E-state index is 11.6. The Balaban J connectivity index is 1.65. The second-order valence-electron chi connectivity index (χ2n) is 6.59. The Morgan fingerprint density at radius 3 is 2.43 bits per heavy atom. The predicted molar refractivity (Wildman–Crippen MR) is 117 cm³/mol. The lowest BCUT2D eigenvalue weighted by Crippen LogP contribution is -1.98. The molecule has 0 bridgehead atoms. The van der Waals surface area contributed by atoms with Crippen LogP contribution in [0, 0.1) is 11.8 Å². The van der Waals surface area contributed by atoms with Gasteiger partial charge in [-0.25, -0.2) is 23.4 Å². The van der Waals surface area contributed by atoms with Gasteiger partial charge in [-0.1, -0.05) is 5.92 Å². The van der Waals surface area contributed by atoms with E-state index in [1.165, 1.54) is 6.26 Å². The monoisotopic (exact) mass is 415 g/mol. The van der Waals surface area contributed by atoms with E-state index in [1.807, 2.05) is 12.1 Å². The molecule has 148 valence electrons. The van der Waals surface area contributed by atoms with E-state index in [4.69, 9.17) is 5.73 Å². The Morgan fingerprint density at radius 1 is 0.933 bits per heavy atom. The van der Waals surface area contributed by atoms with Gasteiger partial charge < -0.3 is 11.1 Å². The molecule has 3 heterocycles. The topological polar surface area (TPSA) is 111 Å². The van der Waals surface area contributed by atoms with Gasteiger partial charge in [0.2, 0.25) is 0 Å². The molecule has 3 N–H and O–H groups in total. The molecule has 30 heavy (non-hydrogen) atoms. The number of nitrogens with two attached hydrogens (primary N) is 1. The van der Waals surface area contributed by atoms with Gasteiger partial charge in [-0.05, 0) is 54.5 Å². The first-order valence-corrected chi connectivity index (χ1v) is 10.8. The van der Waals surface area contributed by atoms with Crippen molar-refractivity contribution in [1.29, 1.82) is 0 Å². The van der Waals surface area contributed by atoms with Crippen molar-refractivity contribution < 1.29 is 8.42 Å². The van der Waals surface area contributed by atoms with Crippen LogP contribution in [0.2, 0.25) is 0 Å². The lowest BCUT2D eigenvalue weighted by Gasteiger charge is -2.08. The molecule has 0 saturated carbocycles. The minimum Gasteiger partial charge on any atom is -0.384 e. The molecule has 3 aromatic heterocycles. The van der Waals surface area contributed by atoms with Gasteiger partial charge in [-0.2, -0.15) is 0 Å². The van der Waals surface area contributed by atoms with E-state index in [9.17, 15) is 8.42 Å². The molecule has 0 aliphatic rings. The van der Waals surface area contributed by atoms with Crippen molar-refractivity contribution in [3.63, 3.8) is 0 Å². The quantitative estimate of drug-likeness (QED) is 0.495. The number of anilines is 3. The Kier molecular flexibility index (Phi) is 5.04. The number of nitrogens with one attached hydrogen (secondary N) is 1. The minimum atomic E-state index is -3.24. The number of nitrogen functional groups attached to an aromatic ring is 1. The highest BCUT2D eigenvalue weighted by molar-refractivity contribution is 7.90. The summed E-state index contributed by atoms with van der Waals surface area (Å²) in [5.41, 5.74) is 7.67. The fraction of sp³-hybridized carbons (Fsp3) is 0.0455. The third-order valence-corrected chi connectivity index (χ3v) is 5.44. The normalized spacial score (nSPS) is 11.0. The molecule has 0 saturated heterocycles. The summed E-state index contributed by atoms with van der Waals surface area (Å²) in [6.07, 6.45) is 6.21. The maximum Gasteiger partial charge on any atom is 0.175 e. The van der Waals surface area contributed by atoms with Crippen molar-refractivity contribution in [2.45, 2.75) is 4.90 Å². The fourth-order valence-electron chi connectivity index (χ4n) is 2.78. The van der Waals surface area contributed by atoms with Crippen molar-refractivity contribution in [2.75, 3.05) is 17.3 Å². The van der Waals surface area contributed by atoms with E-state index in [1.54, 1.807) is 55.0 Å². The van der Waals surface area contributed by atoms with Crippen LogP contribution < -0.4 is 11.1 Å². The summed E-state index contributed by atoms with van der Waals surface area (Å²) < 4.78 is 23.2. The summed E-state index contributed by atoms with van der Waals surface area (Å²) in [6, 6.07) is 13.7. The molecule has 0 fully saturated rings. The average molecular weight is 415 g/mol. The Hall–Kier alpha value is -3.96. The van der Waals surface area contributed by atoms with Gasteiger partial charge in [0, 0.05) is 46.9 Å². The van der Waals surface area contributed by atoms with Crippen molar-refractivity contribution in [3.8, 4) is 11.8 Å². The van der Waals surface area contributed by atoms with E-state index in [0.29, 0.717) is 17.3 Å². The van der Waals surface area contributed by atoms with Crippen LogP contribution in [0.4, 0.5) is 17.3 Å². The van der Waals surface area contributed by atoms with Gasteiger partial charge in [-0.3, -0.25) is 0 Å². The van der Waals surface area contributed by atoms with Crippen LogP contribution in [0.1, 0.15) is 11.3 Å². The van der Waals surface area contributed by atoms with Gasteiger partial charge in [0.1, 0.15) is 17.3 Å². The number of aromatic nitrogens is 3. The second kappa shape index (κ2) is 7.81. The van der Waals surface area contributed by atoms with Crippen molar-refractivity contribution in [2.24, 2.45) is 0 Å². The summed E-state index contributed by atoms with van der Waals surface area (Å²) in [5.74, 6) is 7.15. The van der Waals surface area contributed by atoms with E-state index in [-0.39, 0.29) is 4.90 Å². The predicted octanol–water partition coefficient (Wildman–Crippen LogP) is 3.15. The van der Waals surface area contributed by atoms with Crippen LogP contribution in [-0.4, -0.2) is 29.6 Å². The number of rotatable bonds is 3. The van der Waals surface area contributed by atoms with Gasteiger partial charge in [0.15, 0.2) is 9.84 Å². The maximum atomic E-state index is 11.6. The van der Waals surface area contributed by atoms with Crippen molar-refractivity contribution in [3.05, 3.63) is 78.4 Å². The molecule has 4 aromatic rings. The smallest absolute Gasteiger partial charge is 0.175 e. The molecule has 4 rings (SSSR count). The summed E-state index contributed by atoms with van der Waals surface area (Å²) in [4.78, 5) is 13.1. The van der Waals surface area contributed by atoms with Crippen molar-refractivity contribution >= 4 is 37.9 Å². The zero-order valence-electron chi connectivity index (χ0n) is 16.0. The Morgan fingerprint density at radius 2 is 1.73 bits per heavy atom. The minimum absolute atomic E-state index is 0.262. The molecule has 0 radical (unpaired) electrons. The third-order valence-electron chi connectivity index (χ3n) is 4.31. The van der Waals surface area contributed by atoms with Gasteiger partial charge in [-0.15, -0.1) is 0 Å². The molecule has 0 spiro atoms. The van der Waals surface area contributed by atoms with Crippen LogP contribution >= 0.6 is 0 Å². The molecular formula is C22H17N5O2S. The summed E-state index contributed by atoms with van der Waals surface area (Å²) in [5, 5.41) is 4.93. The van der Waals surface area contributed by atoms with E-state index in [0.717, 1.165) is 22.0 Å². The number of benzene rings is 1. The fourth-order valence-corrected chi connectivity index (χ4v) is 3.41. The van der Waals surface area contributed by atoms with Crippen molar-refractivity contribution in [1.82, 2.24) is 15.0 Å². The number of fused-ring (bicyclic) bond motifs is 1. The van der Waals surface area contributed by atoms with Crippen LogP contribution in [0.15, 0.2) is 72.0 Å². The first kappa shape index (κ1) is 19.4. The lowest BCUT2D eigenvalue weighted by atomic mass is 10.1. The molecule has 1 aromatic carbocycles. The number of sulfone groups is 1. The van der Waals surface area contributed by atoms with Crippen LogP contribution in [-0.2, 0) is 9.84 Å². The lowest BCUT2D eigenvalue weighted by molar-refractivity contribution is 0.602. The molecule has 0 aliphatic carbocycles. The second-order valence-corrected chi connectivity index (χ2v) is 8.61. The average Bonchev–Trinajstić information content (AvgIpc) is 2.73. The first-order chi connectivity index (χ1) is 14.4. The van der Waals surface area contributed by atoms with E-state index >= 15 is 0 Å². The zero-order chi connectivity index (χ0) is 21.1. The molecule has 0 amide bonds. The van der Waals surface area contributed by atoms with Crippen LogP contribution in [0.25, 0.3) is 10.8 Å². The van der Waals surface area contributed by atoms with E-state index in [2.05, 4.69) is 32.1 Å². The van der Waals surface area contributed by atoms with Crippen LogP contribution in [0.5, 0.6) is 0 Å². The Bertz CT molecular complexity index is 1390. The molecular weight excluding hydrogens is 398 g/mol. The van der Waals surface area contributed by atoms with Gasteiger partial charge >= 0.3 is 0 Å². The highest BCUT2D eigenvalue weighted by Gasteiger charge is 2.07. The summed E-state index contributed by atoms with van der Waals surface area (Å²) in [7, 11) is -3.24. The molecule has 7 nitrogen and oxygen atoms in total. The number of hydrogen-bond acceptors (Lipinski definition) is 7. The standard InChI is InChI=1S/C22H17N5O2S/c1-30(28,29)18-6-4-17(5-7-18)27-22-12-19-16(14-26-22)10-11-24-20(19)8-2-15-3-9-21(23)25-13-15/h3-7,9-14H,1H3,(H2,23,25)(H,26,27). The number of pyridine rings is 3. The van der Waals surface area contributed by atoms with Crippen LogP contribution in [0.3, 0.4) is 0 Å². The third kappa shape index (κ3) is 4.37. The van der Waals surface area contributed by atoms with Gasteiger partial charge in [0.05, 0.1) is 4.90 Å². The van der Waals surface area contributed by atoms with Gasteiger partial charge in [0.25, 0.3) is 0 Å². The zero-order valence-corrected chi connectivity index (χ0v) is 16.8. The summed E-state index contributed by atoms with van der Waals surface area (Å²) >= 11 is 0. The highest BCUT2D eigenvalue weighted by atomic mass is 32.2. The molecule has 0 atom stereocenters. The first-order valence-electron chi connectivity index (χ1n) is 8.94. The summed E-state index contributed by atoms with van der Waals surface area (Å²) in [6.45, 7) is 0. The molecule has 0 aliphatic heterocycles. The number of hydrogen-bond donors (Lipinski definition) is 2. The van der Waals surface area contributed by atoms with E-state index < -0.39 is 9.84 Å². The number of nitrogens with zero attached hydrogens (tertiary/aromatic N) is 3. The highest BCUT2D eigenvalue weighted by Crippen LogP contribution is 2.22. The molecule has 0 unspecified atom stereocenters. The largest absolute Gasteiger partial charge is 0.384 e.